The van der Waals surface area contributed by atoms with Crippen LogP contribution in [0.15, 0.2) is 48.8 Å². The first-order valence-corrected chi connectivity index (χ1v) is 7.64. The van der Waals surface area contributed by atoms with Gasteiger partial charge in [0.1, 0.15) is 17.5 Å². The topological polar surface area (TPSA) is 91.6 Å². The normalized spacial score (nSPS) is 10.1. The van der Waals surface area contributed by atoms with Crippen molar-refractivity contribution in [1.29, 1.82) is 5.26 Å². The summed E-state index contributed by atoms with van der Waals surface area (Å²) in [5, 5.41) is 11.8. The van der Waals surface area contributed by atoms with Crippen LogP contribution in [0.4, 0.5) is 5.69 Å². The van der Waals surface area contributed by atoms with E-state index < -0.39 is 0 Å². The molecule has 0 aliphatic rings. The molecule has 0 bridgehead atoms. The molecule has 3 aromatic rings. The van der Waals surface area contributed by atoms with E-state index in [1.165, 1.54) is 0 Å². The van der Waals surface area contributed by atoms with Gasteiger partial charge in [-0.1, -0.05) is 0 Å². The molecule has 3 rings (SSSR count). The molecule has 6 nitrogen and oxygen atoms in total. The average molecular weight is 329 g/mol. The number of hydrogen-bond acceptors (Lipinski definition) is 5. The largest absolute Gasteiger partial charge is 0.321 e. The summed E-state index contributed by atoms with van der Waals surface area (Å²) in [6, 6.07) is 12.6. The predicted octanol–water partition coefficient (Wildman–Crippen LogP) is 3.28. The van der Waals surface area contributed by atoms with Crippen molar-refractivity contribution < 1.29 is 4.79 Å². The molecule has 0 aromatic carbocycles. The fourth-order valence-corrected chi connectivity index (χ4v) is 2.44. The monoisotopic (exact) mass is 329 g/mol. The van der Waals surface area contributed by atoms with Crippen LogP contribution in [0.5, 0.6) is 0 Å². The summed E-state index contributed by atoms with van der Waals surface area (Å²) < 4.78 is 0. The van der Waals surface area contributed by atoms with Gasteiger partial charge in [0.25, 0.3) is 5.91 Å². The van der Waals surface area contributed by atoms with E-state index >= 15 is 0 Å². The fraction of sp³-hybridized carbons (Fsp3) is 0.105. The molecule has 3 heterocycles. The molecule has 6 heteroatoms. The number of nitriles is 1. The molecule has 122 valence electrons. The van der Waals surface area contributed by atoms with Crippen LogP contribution in [-0.4, -0.2) is 20.9 Å². The zero-order chi connectivity index (χ0) is 17.8. The zero-order valence-electron chi connectivity index (χ0n) is 13.8. The number of anilines is 1. The molecule has 0 unspecified atom stereocenters. The Balaban J connectivity index is 1.93. The van der Waals surface area contributed by atoms with E-state index in [1.54, 1.807) is 42.7 Å². The standard InChI is InChI=1S/C19H15N5O/c1-12-8-16(4-6-21-12)24-19(25)18-10-15(7-13(2)23-18)14-3-5-22-17(9-14)11-20/h3-10H,1-2H3,(H,21,24,25). The molecule has 0 fully saturated rings. The van der Waals surface area contributed by atoms with Gasteiger partial charge >= 0.3 is 0 Å². The van der Waals surface area contributed by atoms with E-state index in [2.05, 4.69) is 20.3 Å². The minimum absolute atomic E-state index is 0.301. The molecule has 0 saturated heterocycles. The van der Waals surface area contributed by atoms with Crippen LogP contribution >= 0.6 is 0 Å². The van der Waals surface area contributed by atoms with Crippen molar-refractivity contribution in [1.82, 2.24) is 15.0 Å². The van der Waals surface area contributed by atoms with Crippen molar-refractivity contribution in [2.75, 3.05) is 5.32 Å². The van der Waals surface area contributed by atoms with Crippen LogP contribution in [-0.2, 0) is 0 Å². The lowest BCUT2D eigenvalue weighted by Gasteiger charge is -2.09. The number of aromatic nitrogens is 3. The minimum atomic E-state index is -0.301. The third-order valence-electron chi connectivity index (χ3n) is 3.55. The third kappa shape index (κ3) is 3.85. The number of aryl methyl sites for hydroxylation is 2. The van der Waals surface area contributed by atoms with Crippen molar-refractivity contribution in [3.05, 3.63) is 71.6 Å². The number of nitrogens with zero attached hydrogens (tertiary/aromatic N) is 4. The molecule has 0 saturated carbocycles. The molecule has 0 aliphatic carbocycles. The molecule has 0 atom stereocenters. The second-order valence-electron chi connectivity index (χ2n) is 5.56. The van der Waals surface area contributed by atoms with Gasteiger partial charge in [-0.15, -0.1) is 0 Å². The Morgan fingerprint density at radius 2 is 1.80 bits per heavy atom. The van der Waals surface area contributed by atoms with Gasteiger partial charge in [0, 0.05) is 29.5 Å². The number of rotatable bonds is 3. The summed E-state index contributed by atoms with van der Waals surface area (Å²) in [6.07, 6.45) is 3.21. The molecular weight excluding hydrogens is 314 g/mol. The average Bonchev–Trinajstić information content (AvgIpc) is 2.61. The summed E-state index contributed by atoms with van der Waals surface area (Å²) >= 11 is 0. The Bertz CT molecular complexity index is 991. The van der Waals surface area contributed by atoms with Crippen LogP contribution in [0, 0.1) is 25.2 Å². The van der Waals surface area contributed by atoms with E-state index in [4.69, 9.17) is 5.26 Å². The van der Waals surface area contributed by atoms with Crippen LogP contribution < -0.4 is 5.32 Å². The maximum atomic E-state index is 12.5. The SMILES string of the molecule is Cc1cc(NC(=O)c2cc(-c3ccnc(C#N)c3)cc(C)n2)ccn1. The Kier molecular flexibility index (Phi) is 4.48. The number of pyridine rings is 3. The number of amides is 1. The fourth-order valence-electron chi connectivity index (χ4n) is 2.44. The highest BCUT2D eigenvalue weighted by atomic mass is 16.1. The molecule has 25 heavy (non-hydrogen) atoms. The van der Waals surface area contributed by atoms with E-state index in [9.17, 15) is 4.79 Å². The van der Waals surface area contributed by atoms with Crippen LogP contribution in [0.1, 0.15) is 27.6 Å². The summed E-state index contributed by atoms with van der Waals surface area (Å²) in [6.45, 7) is 3.68. The van der Waals surface area contributed by atoms with E-state index in [-0.39, 0.29) is 5.91 Å². The Morgan fingerprint density at radius 3 is 2.56 bits per heavy atom. The second-order valence-corrected chi connectivity index (χ2v) is 5.56. The number of nitrogens with one attached hydrogen (secondary N) is 1. The van der Waals surface area contributed by atoms with Gasteiger partial charge in [0.15, 0.2) is 0 Å². The van der Waals surface area contributed by atoms with Crippen molar-refractivity contribution in [2.24, 2.45) is 0 Å². The van der Waals surface area contributed by atoms with Gasteiger partial charge in [-0.3, -0.25) is 9.78 Å². The van der Waals surface area contributed by atoms with Crippen molar-refractivity contribution >= 4 is 11.6 Å². The van der Waals surface area contributed by atoms with Crippen LogP contribution in [0.25, 0.3) is 11.1 Å². The highest BCUT2D eigenvalue weighted by Gasteiger charge is 2.11. The lowest BCUT2D eigenvalue weighted by Crippen LogP contribution is -2.14. The van der Waals surface area contributed by atoms with Crippen molar-refractivity contribution in [3.63, 3.8) is 0 Å². The van der Waals surface area contributed by atoms with Crippen LogP contribution in [0.3, 0.4) is 0 Å². The molecule has 1 amide bonds. The van der Waals surface area contributed by atoms with E-state index in [0.717, 1.165) is 16.8 Å². The molecule has 0 radical (unpaired) electrons. The van der Waals surface area contributed by atoms with Gasteiger partial charge in [0.05, 0.1) is 0 Å². The first kappa shape index (κ1) is 16.3. The predicted molar refractivity (Wildman–Crippen MR) is 93.8 cm³/mol. The molecular formula is C19H15N5O. The molecule has 1 N–H and O–H groups in total. The summed E-state index contributed by atoms with van der Waals surface area (Å²) in [4.78, 5) is 24.9. The smallest absolute Gasteiger partial charge is 0.274 e. The maximum Gasteiger partial charge on any atom is 0.274 e. The molecule has 0 spiro atoms. The summed E-state index contributed by atoms with van der Waals surface area (Å²) in [5.41, 5.74) is 4.44. The van der Waals surface area contributed by atoms with Gasteiger partial charge < -0.3 is 5.32 Å². The van der Waals surface area contributed by atoms with Gasteiger partial charge in [-0.25, -0.2) is 9.97 Å². The van der Waals surface area contributed by atoms with Gasteiger partial charge in [-0.05, 0) is 61.4 Å². The Labute approximate surface area is 145 Å². The highest BCUT2D eigenvalue weighted by Crippen LogP contribution is 2.21. The highest BCUT2D eigenvalue weighted by molar-refractivity contribution is 6.03. The van der Waals surface area contributed by atoms with Crippen LogP contribution in [0.2, 0.25) is 0 Å². The van der Waals surface area contributed by atoms with E-state index in [0.29, 0.717) is 22.8 Å². The zero-order valence-corrected chi connectivity index (χ0v) is 13.8. The lowest BCUT2D eigenvalue weighted by atomic mass is 10.0. The Morgan fingerprint density at radius 1 is 1.00 bits per heavy atom. The summed E-state index contributed by atoms with van der Waals surface area (Å²) in [7, 11) is 0. The van der Waals surface area contributed by atoms with Crippen molar-refractivity contribution in [2.45, 2.75) is 13.8 Å². The van der Waals surface area contributed by atoms with Crippen molar-refractivity contribution in [3.8, 4) is 17.2 Å². The molecule has 3 aromatic heterocycles. The second kappa shape index (κ2) is 6.89. The van der Waals surface area contributed by atoms with E-state index in [1.807, 2.05) is 26.0 Å². The first-order chi connectivity index (χ1) is 12.0. The lowest BCUT2D eigenvalue weighted by molar-refractivity contribution is 0.102. The number of carbonyl (C=O) groups is 1. The quantitative estimate of drug-likeness (QED) is 0.796. The summed E-state index contributed by atoms with van der Waals surface area (Å²) in [5.74, 6) is -0.301. The van der Waals surface area contributed by atoms with Gasteiger partial charge in [0.2, 0.25) is 0 Å². The molecule has 0 aliphatic heterocycles. The number of hydrogen-bond donors (Lipinski definition) is 1. The maximum absolute atomic E-state index is 12.5. The minimum Gasteiger partial charge on any atom is -0.321 e. The third-order valence-corrected chi connectivity index (χ3v) is 3.55. The Hall–Kier alpha value is -3.59. The first-order valence-electron chi connectivity index (χ1n) is 7.64. The van der Waals surface area contributed by atoms with Gasteiger partial charge in [-0.2, -0.15) is 5.26 Å². The number of carbonyl (C=O) groups excluding carboxylic acids is 1.